The lowest BCUT2D eigenvalue weighted by Gasteiger charge is -2.21. The number of carbonyl (C=O) groups is 1. The van der Waals surface area contributed by atoms with Crippen LogP contribution >= 0.6 is 0 Å². The van der Waals surface area contributed by atoms with E-state index >= 15 is 0 Å². The van der Waals surface area contributed by atoms with Crippen molar-refractivity contribution in [3.05, 3.63) is 47.9 Å². The lowest BCUT2D eigenvalue weighted by atomic mass is 10.2. The summed E-state index contributed by atoms with van der Waals surface area (Å²) in [4.78, 5) is 14.1. The average molecular weight is 394 g/mol. The molecule has 2 rings (SSSR count). The summed E-state index contributed by atoms with van der Waals surface area (Å²) < 4.78 is 32.3. The number of benzene rings is 1. The molecule has 7 nitrogen and oxygen atoms in total. The lowest BCUT2D eigenvalue weighted by molar-refractivity contribution is -0.128. The first-order valence-corrected chi connectivity index (χ1v) is 10.3. The fourth-order valence-electron chi connectivity index (χ4n) is 2.73. The number of anilines is 1. The van der Waals surface area contributed by atoms with Crippen LogP contribution in [0.4, 0.5) is 5.69 Å². The minimum absolute atomic E-state index is 0.0605. The van der Waals surface area contributed by atoms with Crippen molar-refractivity contribution in [2.24, 2.45) is 0 Å². The van der Waals surface area contributed by atoms with E-state index in [1.165, 1.54) is 4.31 Å². The number of hydrogen-bond acceptors (Lipinski definition) is 5. The van der Waals surface area contributed by atoms with Crippen LogP contribution in [0.15, 0.2) is 45.9 Å². The fraction of sp³-hybridized carbons (Fsp3) is 0.421. The number of rotatable bonds is 9. The summed E-state index contributed by atoms with van der Waals surface area (Å²) in [6.07, 6.45) is 1.57. The summed E-state index contributed by atoms with van der Waals surface area (Å²) in [5.74, 6) is 0.578. The Hall–Kier alpha value is -2.32. The maximum absolute atomic E-state index is 12.8. The van der Waals surface area contributed by atoms with Crippen molar-refractivity contribution < 1.29 is 17.6 Å². The van der Waals surface area contributed by atoms with Gasteiger partial charge in [-0.1, -0.05) is 19.9 Å². The Morgan fingerprint density at radius 2 is 1.89 bits per heavy atom. The van der Waals surface area contributed by atoms with Crippen LogP contribution in [0.2, 0.25) is 0 Å². The Bertz CT molecular complexity index is 859. The Labute approximate surface area is 161 Å². The van der Waals surface area contributed by atoms with Crippen molar-refractivity contribution in [3.63, 3.8) is 0 Å². The summed E-state index contributed by atoms with van der Waals surface area (Å²) in [5.41, 5.74) is 1.26. The Morgan fingerprint density at radius 3 is 2.48 bits per heavy atom. The smallest absolute Gasteiger partial charge is 0.243 e. The molecule has 0 unspecified atom stereocenters. The molecule has 0 aliphatic heterocycles. The van der Waals surface area contributed by atoms with E-state index in [9.17, 15) is 13.2 Å². The van der Waals surface area contributed by atoms with Crippen molar-refractivity contribution in [3.8, 4) is 0 Å². The zero-order chi connectivity index (χ0) is 20.0. The molecule has 8 heteroatoms. The third-order valence-electron chi connectivity index (χ3n) is 4.35. The van der Waals surface area contributed by atoms with Gasteiger partial charge in [0, 0.05) is 25.8 Å². The van der Waals surface area contributed by atoms with Crippen LogP contribution in [-0.4, -0.2) is 50.2 Å². The lowest BCUT2D eigenvalue weighted by Crippen LogP contribution is -2.32. The molecule has 1 aromatic carbocycles. The number of hydrogen-bond donors (Lipinski definition) is 1. The number of nitrogens with one attached hydrogen (secondary N) is 1. The van der Waals surface area contributed by atoms with Crippen LogP contribution in [0.25, 0.3) is 0 Å². The third-order valence-corrected chi connectivity index (χ3v) is 6.55. The molecule has 0 atom stereocenters. The SMILES string of the molecule is CCN(CC)S(=O)(=O)c1cc(NCC(=O)N(C)Cc2ccco2)ccc1C. The number of nitrogens with zero attached hydrogens (tertiary/aromatic N) is 2. The van der Waals surface area contributed by atoms with Gasteiger partial charge < -0.3 is 14.6 Å². The summed E-state index contributed by atoms with van der Waals surface area (Å²) in [6.45, 7) is 6.65. The van der Waals surface area contributed by atoms with Crippen LogP contribution < -0.4 is 5.32 Å². The molecule has 148 valence electrons. The Kier molecular flexibility index (Phi) is 7.04. The van der Waals surface area contributed by atoms with Gasteiger partial charge in [0.25, 0.3) is 0 Å². The van der Waals surface area contributed by atoms with Crippen LogP contribution in [0, 0.1) is 6.92 Å². The second kappa shape index (κ2) is 9.05. The van der Waals surface area contributed by atoms with Crippen LogP contribution in [0.5, 0.6) is 0 Å². The predicted octanol–water partition coefficient (Wildman–Crippen LogP) is 2.69. The quantitative estimate of drug-likeness (QED) is 0.708. The minimum Gasteiger partial charge on any atom is -0.467 e. The van der Waals surface area contributed by atoms with Gasteiger partial charge in [-0.25, -0.2) is 8.42 Å². The first-order chi connectivity index (χ1) is 12.8. The maximum Gasteiger partial charge on any atom is 0.243 e. The molecule has 0 spiro atoms. The maximum atomic E-state index is 12.8. The first kappa shape index (κ1) is 21.0. The number of furan rings is 1. The molecule has 0 saturated heterocycles. The van der Waals surface area contributed by atoms with Crippen LogP contribution in [0.3, 0.4) is 0 Å². The molecule has 0 aliphatic carbocycles. The van der Waals surface area contributed by atoms with E-state index in [0.29, 0.717) is 36.6 Å². The van der Waals surface area contributed by atoms with Gasteiger partial charge in [0.1, 0.15) is 5.76 Å². The normalized spacial score (nSPS) is 11.6. The molecule has 0 radical (unpaired) electrons. The van der Waals surface area contributed by atoms with E-state index in [-0.39, 0.29) is 17.3 Å². The second-order valence-corrected chi connectivity index (χ2v) is 8.16. The number of likely N-dealkylation sites (N-methyl/N-ethyl adjacent to an activating group) is 1. The van der Waals surface area contributed by atoms with Gasteiger partial charge in [-0.05, 0) is 36.8 Å². The van der Waals surface area contributed by atoms with Gasteiger partial charge in [-0.15, -0.1) is 0 Å². The van der Waals surface area contributed by atoms with Crippen molar-refractivity contribution in [1.29, 1.82) is 0 Å². The molecule has 1 heterocycles. The monoisotopic (exact) mass is 393 g/mol. The minimum atomic E-state index is -3.56. The predicted molar refractivity (Wildman–Crippen MR) is 105 cm³/mol. The number of aryl methyl sites for hydroxylation is 1. The van der Waals surface area contributed by atoms with E-state index in [4.69, 9.17) is 4.42 Å². The summed E-state index contributed by atoms with van der Waals surface area (Å²) >= 11 is 0. The summed E-state index contributed by atoms with van der Waals surface area (Å²) in [6, 6.07) is 8.69. The molecular weight excluding hydrogens is 366 g/mol. The van der Waals surface area contributed by atoms with E-state index in [2.05, 4.69) is 5.32 Å². The van der Waals surface area contributed by atoms with Crippen molar-refractivity contribution >= 4 is 21.6 Å². The van der Waals surface area contributed by atoms with E-state index in [1.807, 2.05) is 19.9 Å². The molecule has 0 saturated carbocycles. The van der Waals surface area contributed by atoms with Crippen molar-refractivity contribution in [1.82, 2.24) is 9.21 Å². The third kappa shape index (κ3) is 5.11. The van der Waals surface area contributed by atoms with Gasteiger partial charge in [0.2, 0.25) is 15.9 Å². The number of carbonyl (C=O) groups excluding carboxylic acids is 1. The Balaban J connectivity index is 2.08. The zero-order valence-corrected chi connectivity index (χ0v) is 17.0. The van der Waals surface area contributed by atoms with Crippen LogP contribution in [-0.2, 0) is 21.4 Å². The summed E-state index contributed by atoms with van der Waals surface area (Å²) in [5, 5.41) is 3.01. The summed E-state index contributed by atoms with van der Waals surface area (Å²) in [7, 11) is -1.87. The van der Waals surface area contributed by atoms with Gasteiger partial charge in [-0.2, -0.15) is 4.31 Å². The molecule has 27 heavy (non-hydrogen) atoms. The highest BCUT2D eigenvalue weighted by Gasteiger charge is 2.24. The molecule has 0 aliphatic rings. The van der Waals surface area contributed by atoms with Gasteiger partial charge in [0.15, 0.2) is 0 Å². The molecule has 2 aromatic rings. The molecule has 1 aromatic heterocycles. The zero-order valence-electron chi connectivity index (χ0n) is 16.2. The second-order valence-electron chi connectivity index (χ2n) is 6.25. The van der Waals surface area contributed by atoms with E-state index < -0.39 is 10.0 Å². The van der Waals surface area contributed by atoms with Crippen molar-refractivity contribution in [2.75, 3.05) is 32.0 Å². The highest BCUT2D eigenvalue weighted by molar-refractivity contribution is 7.89. The highest BCUT2D eigenvalue weighted by atomic mass is 32.2. The van der Waals surface area contributed by atoms with Gasteiger partial charge in [0.05, 0.1) is 24.2 Å². The average Bonchev–Trinajstić information content (AvgIpc) is 3.14. The highest BCUT2D eigenvalue weighted by Crippen LogP contribution is 2.23. The molecule has 0 bridgehead atoms. The Morgan fingerprint density at radius 1 is 1.19 bits per heavy atom. The fourth-order valence-corrected chi connectivity index (χ4v) is 4.44. The number of amides is 1. The molecule has 1 N–H and O–H groups in total. The largest absolute Gasteiger partial charge is 0.467 e. The molecular formula is C19H27N3O4S. The first-order valence-electron chi connectivity index (χ1n) is 8.90. The van der Waals surface area contributed by atoms with Gasteiger partial charge >= 0.3 is 0 Å². The van der Waals surface area contributed by atoms with Gasteiger partial charge in [-0.3, -0.25) is 4.79 Å². The van der Waals surface area contributed by atoms with E-state index in [1.54, 1.807) is 49.4 Å². The number of sulfonamides is 1. The molecule has 1 amide bonds. The topological polar surface area (TPSA) is 82.9 Å². The van der Waals surface area contributed by atoms with Crippen molar-refractivity contribution in [2.45, 2.75) is 32.2 Å². The standard InChI is InChI=1S/C19H27N3O4S/c1-5-22(6-2)27(24,25)18-12-16(10-9-15(18)3)20-13-19(23)21(4)14-17-8-7-11-26-17/h7-12,20H,5-6,13-14H2,1-4H3. The molecule has 0 fully saturated rings. The van der Waals surface area contributed by atoms with E-state index in [0.717, 1.165) is 0 Å². The van der Waals surface area contributed by atoms with Crippen LogP contribution in [0.1, 0.15) is 25.2 Å².